The predicted octanol–water partition coefficient (Wildman–Crippen LogP) is 0.389. The average molecular weight is 188 g/mol. The van der Waals surface area contributed by atoms with Gasteiger partial charge in [0.1, 0.15) is 6.04 Å². The van der Waals surface area contributed by atoms with E-state index >= 15 is 0 Å². The Morgan fingerprint density at radius 3 is 2.31 bits per heavy atom. The van der Waals surface area contributed by atoms with Crippen molar-refractivity contribution in [2.45, 2.75) is 32.4 Å². The number of hydrogen-bond acceptors (Lipinski definition) is 3. The van der Waals surface area contributed by atoms with Crippen molar-refractivity contribution in [3.63, 3.8) is 0 Å². The fourth-order valence-corrected chi connectivity index (χ4v) is 0.648. The maximum absolute atomic E-state index is 10.5. The van der Waals surface area contributed by atoms with E-state index in [1.54, 1.807) is 6.92 Å². The van der Waals surface area contributed by atoms with Crippen LogP contribution in [-0.4, -0.2) is 48.2 Å². The minimum Gasteiger partial charge on any atom is -0.480 e. The van der Waals surface area contributed by atoms with Crippen LogP contribution in [-0.2, 0) is 4.79 Å². The SMILES string of the molecule is CC(NCC(C)(C)N(C)C)C(=O)O. The lowest BCUT2D eigenvalue weighted by molar-refractivity contribution is -0.139. The van der Waals surface area contributed by atoms with Gasteiger partial charge >= 0.3 is 5.97 Å². The largest absolute Gasteiger partial charge is 0.480 e. The molecule has 0 aliphatic heterocycles. The molecule has 78 valence electrons. The Labute approximate surface area is 79.9 Å². The molecule has 4 heteroatoms. The van der Waals surface area contributed by atoms with Gasteiger partial charge in [0, 0.05) is 12.1 Å². The molecule has 0 aromatic heterocycles. The fourth-order valence-electron chi connectivity index (χ4n) is 0.648. The van der Waals surface area contributed by atoms with Crippen molar-refractivity contribution in [2.75, 3.05) is 20.6 Å². The highest BCUT2D eigenvalue weighted by molar-refractivity contribution is 5.72. The highest BCUT2D eigenvalue weighted by Crippen LogP contribution is 2.07. The van der Waals surface area contributed by atoms with E-state index in [1.807, 2.05) is 14.1 Å². The summed E-state index contributed by atoms with van der Waals surface area (Å²) >= 11 is 0. The van der Waals surface area contributed by atoms with Gasteiger partial charge in [0.05, 0.1) is 0 Å². The first kappa shape index (κ1) is 12.4. The third kappa shape index (κ3) is 4.24. The molecule has 0 bridgehead atoms. The zero-order valence-corrected chi connectivity index (χ0v) is 9.09. The van der Waals surface area contributed by atoms with E-state index in [1.165, 1.54) is 0 Å². The second-order valence-corrected chi connectivity index (χ2v) is 4.15. The topological polar surface area (TPSA) is 52.6 Å². The van der Waals surface area contributed by atoms with Crippen LogP contribution in [0, 0.1) is 0 Å². The molecular weight excluding hydrogens is 168 g/mol. The van der Waals surface area contributed by atoms with Crippen LogP contribution in [0.1, 0.15) is 20.8 Å². The van der Waals surface area contributed by atoms with Gasteiger partial charge in [0.2, 0.25) is 0 Å². The first-order chi connectivity index (χ1) is 5.77. The average Bonchev–Trinajstić information content (AvgIpc) is 1.99. The van der Waals surface area contributed by atoms with Crippen molar-refractivity contribution >= 4 is 5.97 Å². The summed E-state index contributed by atoms with van der Waals surface area (Å²) in [5.41, 5.74) is -0.0241. The first-order valence-electron chi connectivity index (χ1n) is 4.41. The van der Waals surface area contributed by atoms with Crippen LogP contribution in [0.15, 0.2) is 0 Å². The predicted molar refractivity (Wildman–Crippen MR) is 52.9 cm³/mol. The number of carboxylic acid groups (broad SMARTS) is 1. The minimum absolute atomic E-state index is 0.0241. The smallest absolute Gasteiger partial charge is 0.320 e. The third-order valence-electron chi connectivity index (χ3n) is 2.42. The molecule has 0 aliphatic rings. The van der Waals surface area contributed by atoms with E-state index in [0.717, 1.165) is 0 Å². The van der Waals surface area contributed by atoms with Gasteiger partial charge in [-0.15, -0.1) is 0 Å². The van der Waals surface area contributed by atoms with E-state index in [9.17, 15) is 4.79 Å². The normalized spacial score (nSPS) is 14.6. The van der Waals surface area contributed by atoms with Crippen molar-refractivity contribution in [3.05, 3.63) is 0 Å². The molecule has 13 heavy (non-hydrogen) atoms. The maximum Gasteiger partial charge on any atom is 0.320 e. The molecule has 0 heterocycles. The van der Waals surface area contributed by atoms with Crippen LogP contribution in [0.2, 0.25) is 0 Å². The molecule has 0 aliphatic carbocycles. The number of carboxylic acids is 1. The number of nitrogens with zero attached hydrogens (tertiary/aromatic N) is 1. The Bertz CT molecular complexity index is 178. The first-order valence-corrected chi connectivity index (χ1v) is 4.41. The van der Waals surface area contributed by atoms with Crippen LogP contribution in [0.25, 0.3) is 0 Å². The number of likely N-dealkylation sites (N-methyl/N-ethyl adjacent to an activating group) is 1. The molecule has 4 nitrogen and oxygen atoms in total. The molecule has 0 rings (SSSR count). The van der Waals surface area contributed by atoms with E-state index in [0.29, 0.717) is 6.54 Å². The zero-order valence-electron chi connectivity index (χ0n) is 9.09. The van der Waals surface area contributed by atoms with Crippen molar-refractivity contribution < 1.29 is 9.90 Å². The van der Waals surface area contributed by atoms with Gasteiger partial charge in [-0.05, 0) is 34.9 Å². The number of hydrogen-bond donors (Lipinski definition) is 2. The molecule has 0 aromatic carbocycles. The molecule has 0 saturated heterocycles. The number of rotatable bonds is 5. The lowest BCUT2D eigenvalue weighted by Gasteiger charge is -2.33. The van der Waals surface area contributed by atoms with E-state index in [2.05, 4.69) is 24.1 Å². The van der Waals surface area contributed by atoms with Crippen LogP contribution in [0.5, 0.6) is 0 Å². The summed E-state index contributed by atoms with van der Waals surface area (Å²) in [6, 6.07) is -0.487. The van der Waals surface area contributed by atoms with Crippen LogP contribution < -0.4 is 5.32 Å². The highest BCUT2D eigenvalue weighted by Gasteiger charge is 2.22. The van der Waals surface area contributed by atoms with Crippen molar-refractivity contribution in [1.82, 2.24) is 10.2 Å². The van der Waals surface area contributed by atoms with Gasteiger partial charge in [-0.3, -0.25) is 4.79 Å². The molecule has 2 N–H and O–H groups in total. The fraction of sp³-hybridized carbons (Fsp3) is 0.889. The van der Waals surface area contributed by atoms with Gasteiger partial charge in [-0.1, -0.05) is 0 Å². The zero-order chi connectivity index (χ0) is 10.6. The number of aliphatic carboxylic acids is 1. The molecule has 0 saturated carbocycles. The van der Waals surface area contributed by atoms with Crippen molar-refractivity contribution in [2.24, 2.45) is 0 Å². The Morgan fingerprint density at radius 1 is 1.54 bits per heavy atom. The molecule has 1 atom stereocenters. The minimum atomic E-state index is -0.811. The quantitative estimate of drug-likeness (QED) is 0.655. The number of nitrogens with one attached hydrogen (secondary N) is 1. The standard InChI is InChI=1S/C9H20N2O2/c1-7(8(12)13)10-6-9(2,3)11(4)5/h7,10H,6H2,1-5H3,(H,12,13). The molecular formula is C9H20N2O2. The van der Waals surface area contributed by atoms with Gasteiger partial charge in [-0.25, -0.2) is 0 Å². The second kappa shape index (κ2) is 4.58. The van der Waals surface area contributed by atoms with Crippen LogP contribution in [0.3, 0.4) is 0 Å². The van der Waals surface area contributed by atoms with Gasteiger partial charge in [0.15, 0.2) is 0 Å². The summed E-state index contributed by atoms with van der Waals surface area (Å²) < 4.78 is 0. The summed E-state index contributed by atoms with van der Waals surface area (Å²) in [6.07, 6.45) is 0. The van der Waals surface area contributed by atoms with E-state index in [4.69, 9.17) is 5.11 Å². The monoisotopic (exact) mass is 188 g/mol. The molecule has 0 amide bonds. The lowest BCUT2D eigenvalue weighted by Crippen LogP contribution is -2.50. The van der Waals surface area contributed by atoms with Crippen molar-refractivity contribution in [1.29, 1.82) is 0 Å². The summed E-state index contributed by atoms with van der Waals surface area (Å²) in [4.78, 5) is 12.6. The molecule has 0 radical (unpaired) electrons. The number of carbonyl (C=O) groups is 1. The van der Waals surface area contributed by atoms with Crippen LogP contribution >= 0.6 is 0 Å². The van der Waals surface area contributed by atoms with E-state index < -0.39 is 12.0 Å². The highest BCUT2D eigenvalue weighted by atomic mass is 16.4. The Hall–Kier alpha value is -0.610. The summed E-state index contributed by atoms with van der Waals surface area (Å²) in [5, 5.41) is 11.6. The molecule has 0 fully saturated rings. The van der Waals surface area contributed by atoms with Crippen LogP contribution in [0.4, 0.5) is 0 Å². The third-order valence-corrected chi connectivity index (χ3v) is 2.42. The lowest BCUT2D eigenvalue weighted by atomic mass is 10.0. The van der Waals surface area contributed by atoms with Crippen molar-refractivity contribution in [3.8, 4) is 0 Å². The summed E-state index contributed by atoms with van der Waals surface area (Å²) in [7, 11) is 3.96. The van der Waals surface area contributed by atoms with E-state index in [-0.39, 0.29) is 5.54 Å². The Kier molecular flexibility index (Phi) is 4.36. The summed E-state index contributed by atoms with van der Waals surface area (Å²) in [5.74, 6) is -0.811. The maximum atomic E-state index is 10.5. The second-order valence-electron chi connectivity index (χ2n) is 4.15. The molecule has 0 spiro atoms. The summed E-state index contributed by atoms with van der Waals surface area (Å²) in [6.45, 7) is 6.44. The van der Waals surface area contributed by atoms with Gasteiger partial charge in [-0.2, -0.15) is 0 Å². The molecule has 0 aromatic rings. The Balaban J connectivity index is 3.95. The Morgan fingerprint density at radius 2 is 2.00 bits per heavy atom. The molecule has 1 unspecified atom stereocenters. The van der Waals surface area contributed by atoms with Gasteiger partial charge in [0.25, 0.3) is 0 Å². The van der Waals surface area contributed by atoms with Gasteiger partial charge < -0.3 is 15.3 Å².